The molecule has 0 aromatic heterocycles. The van der Waals surface area contributed by atoms with Crippen molar-refractivity contribution in [3.05, 3.63) is 30.7 Å². The molecule has 181 valence electrons. The number of ether oxygens (including phenoxy) is 1. The highest BCUT2D eigenvalue weighted by Crippen LogP contribution is 2.15. The van der Waals surface area contributed by atoms with Crippen molar-refractivity contribution in [2.45, 2.75) is 136 Å². The van der Waals surface area contributed by atoms with Gasteiger partial charge in [0.05, 0.1) is 0 Å². The lowest BCUT2D eigenvalue weighted by molar-refractivity contribution is -0.148. The molecule has 0 aliphatic heterocycles. The van der Waals surface area contributed by atoms with Crippen molar-refractivity contribution in [2.24, 2.45) is 0 Å². The Bertz CT molecular complexity index is 431. The molecular weight excluding hydrogens is 448 g/mol. The molecule has 31 heavy (non-hydrogen) atoms. The predicted octanol–water partition coefficient (Wildman–Crippen LogP) is 9.67. The van der Waals surface area contributed by atoms with Gasteiger partial charge in [0.2, 0.25) is 0 Å². The molecule has 0 bridgehead atoms. The van der Waals surface area contributed by atoms with E-state index in [2.05, 4.69) is 60.5 Å². The Labute approximate surface area is 202 Å². The fourth-order valence-electron chi connectivity index (χ4n) is 3.47. The summed E-state index contributed by atoms with van der Waals surface area (Å²) in [5, 5.41) is 1.01. The average Bonchev–Trinajstić information content (AvgIpc) is 2.77. The zero-order chi connectivity index (χ0) is 22.8. The van der Waals surface area contributed by atoms with E-state index >= 15 is 0 Å². The number of allylic oxidation sites excluding steroid dienone is 4. The van der Waals surface area contributed by atoms with Crippen LogP contribution in [-0.4, -0.2) is 17.4 Å². The van der Waals surface area contributed by atoms with Gasteiger partial charge in [0, 0.05) is 18.2 Å². The van der Waals surface area contributed by atoms with Gasteiger partial charge in [-0.05, 0) is 77.0 Å². The Kier molecular flexibility index (Phi) is 25.2. The summed E-state index contributed by atoms with van der Waals surface area (Å²) in [5.41, 5.74) is 0. The molecular formula is C28H50BrO2. The summed E-state index contributed by atoms with van der Waals surface area (Å²) < 4.78 is 5.81. The molecule has 1 atom stereocenters. The summed E-state index contributed by atoms with van der Waals surface area (Å²) in [6.45, 7) is 4.49. The highest BCUT2D eigenvalue weighted by molar-refractivity contribution is 9.09. The van der Waals surface area contributed by atoms with Crippen LogP contribution in [0, 0.1) is 6.42 Å². The molecule has 3 heteroatoms. The number of halogens is 1. The number of carbonyl (C=O) groups excluding carboxylic acids is 1. The lowest BCUT2D eigenvalue weighted by Gasteiger charge is -2.17. The van der Waals surface area contributed by atoms with Gasteiger partial charge in [-0.25, -0.2) is 0 Å². The van der Waals surface area contributed by atoms with Crippen LogP contribution in [0.25, 0.3) is 0 Å². The van der Waals surface area contributed by atoms with Crippen molar-refractivity contribution in [1.29, 1.82) is 0 Å². The topological polar surface area (TPSA) is 26.3 Å². The minimum absolute atomic E-state index is 0.0225. The van der Waals surface area contributed by atoms with Crippen LogP contribution in [-0.2, 0) is 9.53 Å². The fraction of sp³-hybridized carbons (Fsp3) is 0.786. The lowest BCUT2D eigenvalue weighted by Crippen LogP contribution is -2.19. The summed E-state index contributed by atoms with van der Waals surface area (Å²) in [7, 11) is 0. The van der Waals surface area contributed by atoms with E-state index in [1.807, 2.05) is 0 Å². The van der Waals surface area contributed by atoms with E-state index in [0.29, 0.717) is 6.42 Å². The van der Waals surface area contributed by atoms with Crippen LogP contribution in [0.3, 0.4) is 0 Å². The van der Waals surface area contributed by atoms with Crippen molar-refractivity contribution in [3.8, 4) is 0 Å². The summed E-state index contributed by atoms with van der Waals surface area (Å²) >= 11 is 3.45. The van der Waals surface area contributed by atoms with Crippen LogP contribution >= 0.6 is 15.9 Å². The van der Waals surface area contributed by atoms with Crippen molar-refractivity contribution in [2.75, 3.05) is 5.33 Å². The molecule has 2 nitrogen and oxygen atoms in total. The van der Waals surface area contributed by atoms with Gasteiger partial charge in [-0.2, -0.15) is 0 Å². The van der Waals surface area contributed by atoms with Crippen LogP contribution in [0.15, 0.2) is 24.3 Å². The molecule has 0 N–H and O–H groups in total. The van der Waals surface area contributed by atoms with Crippen molar-refractivity contribution in [3.63, 3.8) is 0 Å². The van der Waals surface area contributed by atoms with Gasteiger partial charge in [0.15, 0.2) is 0 Å². The second-order valence-corrected chi connectivity index (χ2v) is 9.35. The largest absolute Gasteiger partial charge is 0.462 e. The third kappa shape index (κ3) is 23.9. The van der Waals surface area contributed by atoms with Gasteiger partial charge in [0.25, 0.3) is 0 Å². The summed E-state index contributed by atoms with van der Waals surface area (Å²) in [4.78, 5) is 12.2. The quantitative estimate of drug-likeness (QED) is 0.0607. The molecule has 0 amide bonds. The Morgan fingerprint density at radius 3 is 1.87 bits per heavy atom. The molecule has 0 heterocycles. The number of hydrogen-bond acceptors (Lipinski definition) is 2. The highest BCUT2D eigenvalue weighted by atomic mass is 79.9. The van der Waals surface area contributed by atoms with Gasteiger partial charge < -0.3 is 4.74 Å². The normalized spacial score (nSPS) is 12.7. The van der Waals surface area contributed by atoms with Crippen LogP contribution in [0.1, 0.15) is 129 Å². The number of esters is 1. The third-order valence-electron chi connectivity index (χ3n) is 5.44. The zero-order valence-electron chi connectivity index (χ0n) is 20.6. The predicted molar refractivity (Wildman–Crippen MR) is 141 cm³/mol. The summed E-state index contributed by atoms with van der Waals surface area (Å²) in [5.74, 6) is -0.0262. The number of alkyl halides is 1. The molecule has 0 aromatic rings. The first kappa shape index (κ1) is 30.4. The smallest absolute Gasteiger partial charge is 0.306 e. The van der Waals surface area contributed by atoms with Crippen LogP contribution in [0.5, 0.6) is 0 Å². The molecule has 0 spiro atoms. The molecule has 1 radical (unpaired) electrons. The van der Waals surface area contributed by atoms with Gasteiger partial charge in [-0.15, -0.1) is 0 Å². The first-order valence-electron chi connectivity index (χ1n) is 13.1. The SMILES string of the molecule is CCCCC/C=C\CCC[CH]C(CCC/C=C\CCCCC)OC(=O)CCCCCBr. The monoisotopic (exact) mass is 497 g/mol. The Morgan fingerprint density at radius 2 is 1.29 bits per heavy atom. The maximum Gasteiger partial charge on any atom is 0.306 e. The van der Waals surface area contributed by atoms with Crippen LogP contribution in [0.2, 0.25) is 0 Å². The fourth-order valence-corrected chi connectivity index (χ4v) is 3.86. The summed E-state index contributed by atoms with van der Waals surface area (Å²) in [6, 6.07) is 0. The van der Waals surface area contributed by atoms with Crippen molar-refractivity contribution in [1.82, 2.24) is 0 Å². The van der Waals surface area contributed by atoms with Crippen molar-refractivity contribution >= 4 is 21.9 Å². The van der Waals surface area contributed by atoms with Crippen LogP contribution < -0.4 is 0 Å². The third-order valence-corrected chi connectivity index (χ3v) is 6.00. The Morgan fingerprint density at radius 1 is 0.710 bits per heavy atom. The van der Waals surface area contributed by atoms with Crippen molar-refractivity contribution < 1.29 is 9.53 Å². The molecule has 0 saturated carbocycles. The molecule has 0 aliphatic rings. The van der Waals surface area contributed by atoms with E-state index in [0.717, 1.165) is 63.1 Å². The first-order chi connectivity index (χ1) is 15.2. The van der Waals surface area contributed by atoms with E-state index in [-0.39, 0.29) is 12.1 Å². The maximum absolute atomic E-state index is 12.2. The van der Waals surface area contributed by atoms with E-state index < -0.39 is 0 Å². The van der Waals surface area contributed by atoms with E-state index in [4.69, 9.17) is 4.74 Å². The molecule has 0 fully saturated rings. The van der Waals surface area contributed by atoms with E-state index in [9.17, 15) is 4.79 Å². The first-order valence-corrected chi connectivity index (χ1v) is 14.2. The second-order valence-electron chi connectivity index (χ2n) is 8.56. The second kappa shape index (κ2) is 25.7. The highest BCUT2D eigenvalue weighted by Gasteiger charge is 2.14. The lowest BCUT2D eigenvalue weighted by atomic mass is 10.0. The zero-order valence-corrected chi connectivity index (χ0v) is 22.2. The summed E-state index contributed by atoms with van der Waals surface area (Å²) in [6.07, 6.45) is 31.8. The van der Waals surface area contributed by atoms with Gasteiger partial charge in [-0.1, -0.05) is 86.2 Å². The number of rotatable bonds is 23. The molecule has 1 unspecified atom stereocenters. The molecule has 0 aliphatic carbocycles. The maximum atomic E-state index is 12.2. The van der Waals surface area contributed by atoms with Gasteiger partial charge in [0.1, 0.15) is 6.10 Å². The molecule has 0 saturated heterocycles. The minimum atomic E-state index is -0.0262. The van der Waals surface area contributed by atoms with Crippen LogP contribution in [0.4, 0.5) is 0 Å². The molecule has 0 rings (SSSR count). The Balaban J connectivity index is 4.13. The average molecular weight is 499 g/mol. The standard InChI is InChI=1S/C28H50BrO2/c1-3-5-7-9-11-13-15-17-20-24-27(31-28(30)25-21-18-22-26-29)23-19-16-14-12-10-8-6-4-2/h11-14,24,27H,3-10,15-23,25-26H2,1-2H3/b13-11-,14-12-. The number of hydrogen-bond donors (Lipinski definition) is 0. The number of unbranched alkanes of at least 4 members (excludes halogenated alkanes) is 11. The van der Waals surface area contributed by atoms with E-state index in [1.54, 1.807) is 0 Å². The van der Waals surface area contributed by atoms with Gasteiger partial charge in [-0.3, -0.25) is 4.79 Å². The molecule has 0 aromatic carbocycles. The van der Waals surface area contributed by atoms with E-state index in [1.165, 1.54) is 51.4 Å². The van der Waals surface area contributed by atoms with Gasteiger partial charge >= 0.3 is 5.97 Å². The Hall–Kier alpha value is -0.570. The number of carbonyl (C=O) groups is 1. The minimum Gasteiger partial charge on any atom is -0.462 e.